The molecule has 18 heavy (non-hydrogen) atoms. The molecule has 0 atom stereocenters. The Hall–Kier alpha value is -2.07. The molecule has 0 aliphatic rings. The minimum atomic E-state index is -4.41. The van der Waals surface area contributed by atoms with Crippen LogP contribution in [0.25, 0.3) is 0 Å². The van der Waals surface area contributed by atoms with Gasteiger partial charge in [-0.1, -0.05) is 18.3 Å². The monoisotopic (exact) mass is 271 g/mol. The molecule has 0 bridgehead atoms. The number of hydrogen-bond donors (Lipinski definition) is 2. The van der Waals surface area contributed by atoms with Crippen molar-refractivity contribution in [2.75, 3.05) is 5.32 Å². The number of nitrogens with two attached hydrogens (primary N) is 1. The van der Waals surface area contributed by atoms with Gasteiger partial charge in [0.05, 0.1) is 5.56 Å². The van der Waals surface area contributed by atoms with Gasteiger partial charge in [-0.2, -0.15) is 18.4 Å². The molecule has 0 fully saturated rings. The first-order valence-corrected chi connectivity index (χ1v) is 5.09. The summed E-state index contributed by atoms with van der Waals surface area (Å²) in [6, 6.07) is 6.29. The maximum atomic E-state index is 12.4. The van der Waals surface area contributed by atoms with Crippen molar-refractivity contribution in [3.05, 3.63) is 41.6 Å². The lowest BCUT2D eigenvalue weighted by Gasteiger charge is -2.08. The number of nitriles is 1. The van der Waals surface area contributed by atoms with E-state index < -0.39 is 11.7 Å². The van der Waals surface area contributed by atoms with Crippen molar-refractivity contribution in [3.8, 4) is 6.07 Å². The van der Waals surface area contributed by atoms with Crippen LogP contribution < -0.4 is 11.1 Å². The number of thiocarbonyl (C=S) groups is 1. The molecule has 0 radical (unpaired) electrons. The van der Waals surface area contributed by atoms with Gasteiger partial charge in [-0.3, -0.25) is 0 Å². The number of rotatable bonds is 3. The summed E-state index contributed by atoms with van der Waals surface area (Å²) >= 11 is 4.58. The number of halogens is 3. The van der Waals surface area contributed by atoms with Crippen LogP contribution in [0.3, 0.4) is 0 Å². The summed E-state index contributed by atoms with van der Waals surface area (Å²) in [4.78, 5) is -0.128. The van der Waals surface area contributed by atoms with Crippen LogP contribution in [0.4, 0.5) is 18.9 Å². The summed E-state index contributed by atoms with van der Waals surface area (Å²) in [5, 5.41) is 11.2. The summed E-state index contributed by atoms with van der Waals surface area (Å²) in [6.45, 7) is 0. The summed E-state index contributed by atoms with van der Waals surface area (Å²) in [5.41, 5.74) is 4.63. The van der Waals surface area contributed by atoms with Gasteiger partial charge in [0.2, 0.25) is 0 Å². The predicted molar refractivity (Wildman–Crippen MR) is 65.5 cm³/mol. The Morgan fingerprint density at radius 1 is 1.44 bits per heavy atom. The molecule has 0 aromatic heterocycles. The minimum Gasteiger partial charge on any atom is -0.389 e. The molecule has 0 aliphatic carbocycles. The second-order valence-corrected chi connectivity index (χ2v) is 3.70. The average Bonchev–Trinajstić information content (AvgIpc) is 2.28. The lowest BCUT2D eigenvalue weighted by atomic mass is 10.2. The molecule has 0 aliphatic heterocycles. The Labute approximate surface area is 107 Å². The van der Waals surface area contributed by atoms with Gasteiger partial charge in [0, 0.05) is 11.9 Å². The van der Waals surface area contributed by atoms with E-state index in [1.54, 1.807) is 6.07 Å². The number of hydrogen-bond acceptors (Lipinski definition) is 3. The molecule has 1 aromatic rings. The third-order valence-corrected chi connectivity index (χ3v) is 2.18. The lowest BCUT2D eigenvalue weighted by Crippen LogP contribution is -2.11. The number of nitrogens with one attached hydrogen (secondary N) is 1. The molecule has 0 unspecified atom stereocenters. The molecule has 3 nitrogen and oxygen atoms in total. The standard InChI is InChI=1S/C11H8F3N3S/c12-11(13,14)8-2-1-3-9(4-8)17-6-7(5-15)10(16)18/h1-4,6,17H,(H2,16,18)/b7-6+. The van der Waals surface area contributed by atoms with E-state index in [1.807, 2.05) is 0 Å². The van der Waals surface area contributed by atoms with Crippen LogP contribution in [0, 0.1) is 11.3 Å². The molecule has 7 heteroatoms. The molecule has 0 saturated heterocycles. The highest BCUT2D eigenvalue weighted by molar-refractivity contribution is 7.80. The largest absolute Gasteiger partial charge is 0.416 e. The van der Waals surface area contributed by atoms with Gasteiger partial charge in [0.25, 0.3) is 0 Å². The topological polar surface area (TPSA) is 61.8 Å². The minimum absolute atomic E-state index is 0.0117. The zero-order chi connectivity index (χ0) is 13.8. The van der Waals surface area contributed by atoms with E-state index in [0.717, 1.165) is 18.3 Å². The van der Waals surface area contributed by atoms with Crippen molar-refractivity contribution in [1.82, 2.24) is 0 Å². The fourth-order valence-corrected chi connectivity index (χ4v) is 1.20. The highest BCUT2D eigenvalue weighted by Gasteiger charge is 2.30. The maximum Gasteiger partial charge on any atom is 0.416 e. The number of nitrogens with zero attached hydrogens (tertiary/aromatic N) is 1. The van der Waals surface area contributed by atoms with Crippen molar-refractivity contribution in [2.45, 2.75) is 6.18 Å². The molecule has 3 N–H and O–H groups in total. The fourth-order valence-electron chi connectivity index (χ4n) is 1.10. The molecule has 0 spiro atoms. The van der Waals surface area contributed by atoms with Crippen LogP contribution in [0.2, 0.25) is 0 Å². The van der Waals surface area contributed by atoms with Crippen LogP contribution in [0.15, 0.2) is 36.0 Å². The summed E-state index contributed by atoms with van der Waals surface area (Å²) in [7, 11) is 0. The van der Waals surface area contributed by atoms with Crippen LogP contribution in [0.1, 0.15) is 5.56 Å². The first-order chi connectivity index (χ1) is 8.34. The van der Waals surface area contributed by atoms with E-state index in [1.165, 1.54) is 12.1 Å². The fraction of sp³-hybridized carbons (Fsp3) is 0.0909. The molecular weight excluding hydrogens is 263 g/mol. The van der Waals surface area contributed by atoms with E-state index in [-0.39, 0.29) is 16.2 Å². The SMILES string of the molecule is N#C/C(=C\Nc1cccc(C(F)(F)F)c1)C(N)=S. The highest BCUT2D eigenvalue weighted by Crippen LogP contribution is 2.30. The number of alkyl halides is 3. The summed E-state index contributed by atoms with van der Waals surface area (Å²) < 4.78 is 37.3. The summed E-state index contributed by atoms with van der Waals surface area (Å²) in [6.07, 6.45) is -3.25. The molecule has 0 saturated carbocycles. The molecular formula is C11H8F3N3S. The van der Waals surface area contributed by atoms with Crippen LogP contribution in [-0.2, 0) is 6.18 Å². The molecule has 1 rings (SSSR count). The van der Waals surface area contributed by atoms with Gasteiger partial charge in [0.15, 0.2) is 0 Å². The third-order valence-electron chi connectivity index (χ3n) is 1.96. The molecule has 94 valence electrons. The van der Waals surface area contributed by atoms with Crippen molar-refractivity contribution in [3.63, 3.8) is 0 Å². The van der Waals surface area contributed by atoms with Crippen LogP contribution >= 0.6 is 12.2 Å². The average molecular weight is 271 g/mol. The van der Waals surface area contributed by atoms with Crippen molar-refractivity contribution in [1.29, 1.82) is 5.26 Å². The van der Waals surface area contributed by atoms with Crippen molar-refractivity contribution < 1.29 is 13.2 Å². The highest BCUT2D eigenvalue weighted by atomic mass is 32.1. The normalized spacial score (nSPS) is 11.8. The molecule has 0 heterocycles. The lowest BCUT2D eigenvalue weighted by molar-refractivity contribution is -0.137. The second-order valence-electron chi connectivity index (χ2n) is 3.26. The van der Waals surface area contributed by atoms with Crippen LogP contribution in [-0.4, -0.2) is 4.99 Å². The van der Waals surface area contributed by atoms with E-state index in [0.29, 0.717) is 0 Å². The van der Waals surface area contributed by atoms with E-state index >= 15 is 0 Å². The Balaban J connectivity index is 2.94. The summed E-state index contributed by atoms with van der Waals surface area (Å²) in [5.74, 6) is 0. The first kappa shape index (κ1) is 14.0. The molecule has 0 amide bonds. The van der Waals surface area contributed by atoms with Gasteiger partial charge in [-0.15, -0.1) is 0 Å². The Morgan fingerprint density at radius 3 is 2.61 bits per heavy atom. The van der Waals surface area contributed by atoms with Gasteiger partial charge >= 0.3 is 6.18 Å². The van der Waals surface area contributed by atoms with Crippen molar-refractivity contribution >= 4 is 22.9 Å². The maximum absolute atomic E-state index is 12.4. The number of anilines is 1. The zero-order valence-corrected chi connectivity index (χ0v) is 9.77. The van der Waals surface area contributed by atoms with E-state index in [2.05, 4.69) is 17.5 Å². The predicted octanol–water partition coefficient (Wildman–Crippen LogP) is 2.81. The Morgan fingerprint density at radius 2 is 2.11 bits per heavy atom. The zero-order valence-electron chi connectivity index (χ0n) is 8.95. The van der Waals surface area contributed by atoms with E-state index in [4.69, 9.17) is 11.0 Å². The third kappa shape index (κ3) is 3.75. The Bertz CT molecular complexity index is 529. The Kier molecular flexibility index (Phi) is 4.28. The van der Waals surface area contributed by atoms with Gasteiger partial charge in [-0.25, -0.2) is 0 Å². The molecule has 1 aromatic carbocycles. The number of benzene rings is 1. The first-order valence-electron chi connectivity index (χ1n) is 4.68. The van der Waals surface area contributed by atoms with Gasteiger partial charge in [-0.05, 0) is 18.2 Å². The van der Waals surface area contributed by atoms with Gasteiger partial charge < -0.3 is 11.1 Å². The second kappa shape index (κ2) is 5.51. The van der Waals surface area contributed by atoms with Gasteiger partial charge in [0.1, 0.15) is 16.6 Å². The van der Waals surface area contributed by atoms with Crippen molar-refractivity contribution in [2.24, 2.45) is 5.73 Å². The van der Waals surface area contributed by atoms with Crippen LogP contribution in [0.5, 0.6) is 0 Å². The quantitative estimate of drug-likeness (QED) is 0.504. The smallest absolute Gasteiger partial charge is 0.389 e. The van der Waals surface area contributed by atoms with E-state index in [9.17, 15) is 13.2 Å².